The minimum atomic E-state index is -0.701. The van der Waals surface area contributed by atoms with Crippen LogP contribution in [-0.4, -0.2) is 28.6 Å². The van der Waals surface area contributed by atoms with Gasteiger partial charge in [-0.2, -0.15) is 0 Å². The van der Waals surface area contributed by atoms with E-state index in [1.807, 2.05) is 36.6 Å². The van der Waals surface area contributed by atoms with Crippen molar-refractivity contribution in [2.45, 2.75) is 13.8 Å². The summed E-state index contributed by atoms with van der Waals surface area (Å²) < 4.78 is 5.03. The maximum absolute atomic E-state index is 12.5. The van der Waals surface area contributed by atoms with E-state index < -0.39 is 11.9 Å². The molecule has 2 heterocycles. The van der Waals surface area contributed by atoms with E-state index in [2.05, 4.69) is 4.99 Å². The van der Waals surface area contributed by atoms with Crippen molar-refractivity contribution < 1.29 is 19.4 Å². The van der Waals surface area contributed by atoms with Gasteiger partial charge in [-0.1, -0.05) is 35.5 Å². The van der Waals surface area contributed by atoms with Crippen LogP contribution in [0.2, 0.25) is 0 Å². The maximum Gasteiger partial charge on any atom is 0.344 e. The molecule has 3 rings (SSSR count). The lowest BCUT2D eigenvalue weighted by Gasteiger charge is -2.03. The molecule has 0 radical (unpaired) electrons. The third kappa shape index (κ3) is 4.37. The Balaban J connectivity index is 1.98. The van der Waals surface area contributed by atoms with Crippen molar-refractivity contribution in [2.75, 3.05) is 6.61 Å². The molecule has 1 aliphatic heterocycles. The van der Waals surface area contributed by atoms with Crippen molar-refractivity contribution in [2.24, 2.45) is 4.99 Å². The van der Waals surface area contributed by atoms with Gasteiger partial charge < -0.3 is 9.84 Å². The Morgan fingerprint density at radius 1 is 1.22 bits per heavy atom. The fourth-order valence-electron chi connectivity index (χ4n) is 2.35. The van der Waals surface area contributed by atoms with Crippen LogP contribution in [0.3, 0.4) is 0 Å². The molecular formula is C20H17NO4S2. The summed E-state index contributed by atoms with van der Waals surface area (Å²) in [5, 5.41) is 12.6. The predicted molar refractivity (Wildman–Crippen MR) is 109 cm³/mol. The molecule has 0 aliphatic carbocycles. The van der Waals surface area contributed by atoms with Crippen LogP contribution in [0.1, 0.15) is 27.7 Å². The first kappa shape index (κ1) is 19.1. The molecular weight excluding hydrogens is 382 g/mol. The fourth-order valence-corrected chi connectivity index (χ4v) is 4.08. The van der Waals surface area contributed by atoms with Crippen LogP contribution in [0.5, 0.6) is 0 Å². The zero-order valence-corrected chi connectivity index (χ0v) is 16.4. The van der Waals surface area contributed by atoms with Gasteiger partial charge in [0.15, 0.2) is 0 Å². The first-order chi connectivity index (χ1) is 13.0. The Kier molecular flexibility index (Phi) is 5.93. The monoisotopic (exact) mass is 399 g/mol. The van der Waals surface area contributed by atoms with Crippen molar-refractivity contribution in [3.63, 3.8) is 0 Å². The molecule has 0 fully saturated rings. The van der Waals surface area contributed by atoms with Gasteiger partial charge in [0, 0.05) is 10.4 Å². The second-order valence-electron chi connectivity index (χ2n) is 5.66. The van der Waals surface area contributed by atoms with Crippen LogP contribution in [0.4, 0.5) is 0 Å². The Morgan fingerprint density at radius 3 is 2.59 bits per heavy atom. The first-order valence-electron chi connectivity index (χ1n) is 8.23. The van der Waals surface area contributed by atoms with Crippen molar-refractivity contribution in [3.05, 3.63) is 74.0 Å². The van der Waals surface area contributed by atoms with Crippen LogP contribution in [0, 0.1) is 6.92 Å². The van der Waals surface area contributed by atoms with Gasteiger partial charge in [0.25, 0.3) is 5.91 Å². The van der Waals surface area contributed by atoms with E-state index >= 15 is 0 Å². The molecule has 7 heteroatoms. The van der Waals surface area contributed by atoms with E-state index in [0.29, 0.717) is 10.5 Å². The van der Waals surface area contributed by atoms with Gasteiger partial charge in [0.1, 0.15) is 16.4 Å². The molecule has 0 saturated heterocycles. The van der Waals surface area contributed by atoms with Gasteiger partial charge in [-0.25, -0.2) is 9.79 Å². The van der Waals surface area contributed by atoms with Crippen LogP contribution < -0.4 is 0 Å². The maximum atomic E-state index is 12.5. The first-order valence-corrected chi connectivity index (χ1v) is 9.93. The topological polar surface area (TPSA) is 76.0 Å². The average molecular weight is 399 g/mol. The number of aliphatic imine (C=N–C) groups is 1. The second-order valence-corrected chi connectivity index (χ2v) is 7.67. The number of ether oxygens (including phenoxy) is 1. The van der Waals surface area contributed by atoms with Gasteiger partial charge in [-0.15, -0.1) is 11.3 Å². The van der Waals surface area contributed by atoms with Crippen molar-refractivity contribution in [1.29, 1.82) is 0 Å². The molecule has 138 valence electrons. The summed E-state index contributed by atoms with van der Waals surface area (Å²) in [6.07, 6.45) is 1.75. The lowest BCUT2D eigenvalue weighted by atomic mass is 10.1. The molecule has 1 aliphatic rings. The summed E-state index contributed by atoms with van der Waals surface area (Å²) in [5.41, 5.74) is 1.36. The minimum absolute atomic E-state index is 0.0786. The number of hydrogen-bond donors (Lipinski definition) is 1. The standard InChI is InChI=1S/C20H17NO4S2/c1-3-25-20(24)16-17(22)15(11-14-5-4-10-26-14)27-19(16)21-18(23)13-8-6-12(2)7-9-13/h4-11,22H,3H2,1-2H3/b15-11+,21-19?. The predicted octanol–water partition coefficient (Wildman–Crippen LogP) is 4.76. The highest BCUT2D eigenvalue weighted by Crippen LogP contribution is 2.39. The van der Waals surface area contributed by atoms with E-state index in [9.17, 15) is 14.7 Å². The van der Waals surface area contributed by atoms with E-state index in [-0.39, 0.29) is 23.0 Å². The normalized spacial score (nSPS) is 17.0. The number of carbonyl (C=O) groups is 2. The number of aliphatic hydroxyl groups is 1. The van der Waals surface area contributed by atoms with E-state index in [1.165, 1.54) is 11.3 Å². The summed E-state index contributed by atoms with van der Waals surface area (Å²) in [6, 6.07) is 10.8. The molecule has 0 unspecified atom stereocenters. The highest BCUT2D eigenvalue weighted by Gasteiger charge is 2.33. The summed E-state index contributed by atoms with van der Waals surface area (Å²) >= 11 is 2.58. The number of benzene rings is 1. The van der Waals surface area contributed by atoms with Crippen molar-refractivity contribution >= 4 is 46.1 Å². The molecule has 0 spiro atoms. The zero-order valence-electron chi connectivity index (χ0n) is 14.8. The molecule has 1 aromatic carbocycles. The smallest absolute Gasteiger partial charge is 0.344 e. The SMILES string of the molecule is CCOC(=O)C1=C(O)/C(=C\c2cccs2)SC1=NC(=O)c1ccc(C)cc1. The summed E-state index contributed by atoms with van der Waals surface area (Å²) in [4.78, 5) is 30.2. The molecule has 0 bridgehead atoms. The molecule has 1 N–H and O–H groups in total. The molecule has 1 aromatic heterocycles. The highest BCUT2D eigenvalue weighted by atomic mass is 32.2. The number of aliphatic hydroxyl groups excluding tert-OH is 1. The number of carbonyl (C=O) groups excluding carboxylic acids is 2. The van der Waals surface area contributed by atoms with E-state index in [1.54, 1.807) is 25.1 Å². The number of thioether (sulfide) groups is 1. The summed E-state index contributed by atoms with van der Waals surface area (Å²) in [6.45, 7) is 3.76. The van der Waals surface area contributed by atoms with E-state index in [0.717, 1.165) is 22.2 Å². The van der Waals surface area contributed by atoms with Crippen LogP contribution in [0.15, 0.2) is 63.0 Å². The quantitative estimate of drug-likeness (QED) is 0.750. The molecule has 0 saturated carbocycles. The molecule has 0 atom stereocenters. The van der Waals surface area contributed by atoms with E-state index in [4.69, 9.17) is 4.74 Å². The van der Waals surface area contributed by atoms with Gasteiger partial charge in [0.05, 0.1) is 11.5 Å². The number of rotatable bonds is 4. The lowest BCUT2D eigenvalue weighted by Crippen LogP contribution is -2.14. The molecule has 1 amide bonds. The van der Waals surface area contributed by atoms with Gasteiger partial charge in [0.2, 0.25) is 0 Å². The highest BCUT2D eigenvalue weighted by molar-refractivity contribution is 8.18. The fraction of sp³-hybridized carbons (Fsp3) is 0.150. The Hall–Kier alpha value is -2.64. The van der Waals surface area contributed by atoms with Crippen molar-refractivity contribution in [1.82, 2.24) is 0 Å². The Bertz CT molecular complexity index is 954. The van der Waals surface area contributed by atoms with Gasteiger partial charge >= 0.3 is 5.97 Å². The molecule has 5 nitrogen and oxygen atoms in total. The van der Waals surface area contributed by atoms with Crippen LogP contribution >= 0.6 is 23.1 Å². The molecule has 27 heavy (non-hydrogen) atoms. The summed E-state index contributed by atoms with van der Waals surface area (Å²) in [5.74, 6) is -1.40. The van der Waals surface area contributed by atoms with Crippen LogP contribution in [-0.2, 0) is 9.53 Å². The van der Waals surface area contributed by atoms with Gasteiger partial charge in [-0.3, -0.25) is 4.79 Å². The van der Waals surface area contributed by atoms with Crippen LogP contribution in [0.25, 0.3) is 6.08 Å². The average Bonchev–Trinajstić information content (AvgIpc) is 3.24. The number of amides is 1. The van der Waals surface area contributed by atoms with Crippen molar-refractivity contribution in [3.8, 4) is 0 Å². The largest absolute Gasteiger partial charge is 0.506 e. The Morgan fingerprint density at radius 2 is 1.96 bits per heavy atom. The number of nitrogens with zero attached hydrogens (tertiary/aromatic N) is 1. The lowest BCUT2D eigenvalue weighted by molar-refractivity contribution is -0.138. The zero-order chi connectivity index (χ0) is 19.4. The number of esters is 1. The third-order valence-corrected chi connectivity index (χ3v) is 5.53. The number of hydrogen-bond acceptors (Lipinski definition) is 6. The van der Waals surface area contributed by atoms with Gasteiger partial charge in [-0.05, 0) is 43.5 Å². The third-order valence-electron chi connectivity index (χ3n) is 3.69. The number of thiophene rings is 1. The minimum Gasteiger partial charge on any atom is -0.506 e. The second kappa shape index (κ2) is 8.37. The Labute approximate surface area is 165 Å². The molecule has 2 aromatic rings. The number of aryl methyl sites for hydroxylation is 1. The summed E-state index contributed by atoms with van der Waals surface area (Å²) in [7, 11) is 0.